The average molecular weight is 573 g/mol. The van der Waals surface area contributed by atoms with Gasteiger partial charge in [0, 0.05) is 17.4 Å². The smallest absolute Gasteiger partial charge is 0.0566 e. The second-order valence-electron chi connectivity index (χ2n) is 15.3. The Morgan fingerprint density at radius 2 is 0.675 bits per heavy atom. The summed E-state index contributed by atoms with van der Waals surface area (Å²) in [7, 11) is 0. The van der Waals surface area contributed by atoms with Crippen LogP contribution >= 0.6 is 0 Å². The molecule has 2 atom stereocenters. The molecule has 0 heterocycles. The molecule has 0 aliphatic carbocycles. The van der Waals surface area contributed by atoms with Crippen LogP contribution in [0.4, 0.5) is 0 Å². The van der Waals surface area contributed by atoms with E-state index in [1.54, 1.807) is 0 Å². The van der Waals surface area contributed by atoms with Crippen LogP contribution in [0.25, 0.3) is 0 Å². The summed E-state index contributed by atoms with van der Waals surface area (Å²) in [6.45, 7) is 36.1. The topological polar surface area (TPSA) is 46.2 Å². The fraction of sp³-hybridized carbons (Fsp3) is 1.00. The SMILES string of the molecule is CCC(C)COCC(CC)(COCC(C)(C)CC)COCC(CC)(COCC(C)(C)CC)COCC(C)(C)CC. The predicted molar refractivity (Wildman–Crippen MR) is 171 cm³/mol. The summed E-state index contributed by atoms with van der Waals surface area (Å²) in [5, 5.41) is 0. The predicted octanol–water partition coefficient (Wildman–Crippen LogP) is 9.22. The zero-order valence-electron chi connectivity index (χ0n) is 29.4. The van der Waals surface area contributed by atoms with Gasteiger partial charge in [0.1, 0.15) is 0 Å². The van der Waals surface area contributed by atoms with E-state index in [2.05, 4.69) is 90.0 Å². The highest BCUT2D eigenvalue weighted by atomic mass is 16.5. The molecular weight excluding hydrogens is 500 g/mol. The van der Waals surface area contributed by atoms with Gasteiger partial charge < -0.3 is 23.7 Å². The van der Waals surface area contributed by atoms with Crippen LogP contribution < -0.4 is 0 Å². The van der Waals surface area contributed by atoms with Crippen molar-refractivity contribution < 1.29 is 23.7 Å². The molecule has 0 aromatic rings. The lowest BCUT2D eigenvalue weighted by Crippen LogP contribution is -2.42. The van der Waals surface area contributed by atoms with Crippen LogP contribution in [-0.4, -0.2) is 66.1 Å². The summed E-state index contributed by atoms with van der Waals surface area (Å²) in [5.74, 6) is 0.553. The number of ether oxygens (including phenoxy) is 5. The van der Waals surface area contributed by atoms with Crippen LogP contribution in [0.1, 0.15) is 129 Å². The maximum Gasteiger partial charge on any atom is 0.0566 e. The Kier molecular flexibility index (Phi) is 19.1. The third kappa shape index (κ3) is 16.4. The van der Waals surface area contributed by atoms with E-state index in [-0.39, 0.29) is 27.1 Å². The summed E-state index contributed by atoms with van der Waals surface area (Å²) in [6, 6.07) is 0. The minimum atomic E-state index is -0.185. The standard InChI is InChI=1S/C35H72O5/c1-14-30(7)20-36-24-34(18-5,25-37-21-31(8,9)15-2)28-40-29-35(19-6,26-38-22-32(10,11)16-3)27-39-23-33(12,13)17-4/h30H,14-29H2,1-13H3. The highest BCUT2D eigenvalue weighted by molar-refractivity contribution is 4.83. The lowest BCUT2D eigenvalue weighted by molar-refractivity contribution is -0.124. The lowest BCUT2D eigenvalue weighted by atomic mass is 9.85. The normalized spacial score (nSPS) is 15.8. The van der Waals surface area contributed by atoms with Crippen molar-refractivity contribution in [3.8, 4) is 0 Å². The molecule has 0 N–H and O–H groups in total. The second-order valence-corrected chi connectivity index (χ2v) is 15.3. The first-order valence-electron chi connectivity index (χ1n) is 16.5. The summed E-state index contributed by atoms with van der Waals surface area (Å²) in [4.78, 5) is 0. The van der Waals surface area contributed by atoms with Gasteiger partial charge in [-0.3, -0.25) is 0 Å². The third-order valence-electron chi connectivity index (χ3n) is 9.40. The molecule has 0 saturated carbocycles. The van der Waals surface area contributed by atoms with Gasteiger partial charge >= 0.3 is 0 Å². The summed E-state index contributed by atoms with van der Waals surface area (Å²) in [6.07, 6.45) is 6.29. The molecule has 0 saturated heterocycles. The Hall–Kier alpha value is -0.200. The van der Waals surface area contributed by atoms with Gasteiger partial charge in [-0.15, -0.1) is 0 Å². The Bertz CT molecular complexity index is 607. The molecule has 0 aromatic carbocycles. The monoisotopic (exact) mass is 573 g/mol. The molecule has 0 amide bonds. The fourth-order valence-electron chi connectivity index (χ4n) is 3.88. The first kappa shape index (κ1) is 39.8. The first-order chi connectivity index (χ1) is 18.6. The molecule has 5 heteroatoms. The molecule has 0 bridgehead atoms. The van der Waals surface area contributed by atoms with E-state index in [9.17, 15) is 0 Å². The second kappa shape index (κ2) is 19.2. The molecule has 0 rings (SSSR count). The highest BCUT2D eigenvalue weighted by Crippen LogP contribution is 2.31. The zero-order chi connectivity index (χ0) is 30.9. The summed E-state index contributed by atoms with van der Waals surface area (Å²) in [5.41, 5.74) is 0.143. The van der Waals surface area contributed by atoms with Crippen LogP contribution in [0.5, 0.6) is 0 Å². The van der Waals surface area contributed by atoms with Crippen LogP contribution in [0.2, 0.25) is 0 Å². The third-order valence-corrected chi connectivity index (χ3v) is 9.40. The van der Waals surface area contributed by atoms with Gasteiger partial charge in [-0.25, -0.2) is 0 Å². The molecule has 40 heavy (non-hydrogen) atoms. The minimum absolute atomic E-state index is 0.166. The molecule has 0 aromatic heterocycles. The van der Waals surface area contributed by atoms with Crippen LogP contribution in [-0.2, 0) is 23.7 Å². The number of hydrogen-bond donors (Lipinski definition) is 0. The van der Waals surface area contributed by atoms with Crippen molar-refractivity contribution in [3.05, 3.63) is 0 Å². The van der Waals surface area contributed by atoms with Gasteiger partial charge in [0.2, 0.25) is 0 Å². The molecule has 0 aliphatic rings. The van der Waals surface area contributed by atoms with Crippen molar-refractivity contribution in [2.45, 2.75) is 129 Å². The van der Waals surface area contributed by atoms with Gasteiger partial charge in [-0.05, 0) is 54.3 Å². The largest absolute Gasteiger partial charge is 0.380 e. The van der Waals surface area contributed by atoms with E-state index in [4.69, 9.17) is 23.7 Å². The van der Waals surface area contributed by atoms with E-state index in [0.717, 1.165) is 65.0 Å². The van der Waals surface area contributed by atoms with Crippen molar-refractivity contribution in [2.75, 3.05) is 66.1 Å². The van der Waals surface area contributed by atoms with E-state index in [1.807, 2.05) is 0 Å². The van der Waals surface area contributed by atoms with E-state index >= 15 is 0 Å². The minimum Gasteiger partial charge on any atom is -0.380 e. The average Bonchev–Trinajstić information content (AvgIpc) is 2.92. The maximum absolute atomic E-state index is 6.64. The fourth-order valence-corrected chi connectivity index (χ4v) is 3.88. The Labute approximate surface area is 251 Å². The van der Waals surface area contributed by atoms with Crippen molar-refractivity contribution in [3.63, 3.8) is 0 Å². The van der Waals surface area contributed by atoms with Crippen molar-refractivity contribution in [1.82, 2.24) is 0 Å². The molecule has 0 fully saturated rings. The van der Waals surface area contributed by atoms with Gasteiger partial charge in [0.25, 0.3) is 0 Å². The van der Waals surface area contributed by atoms with Gasteiger partial charge in [-0.2, -0.15) is 0 Å². The van der Waals surface area contributed by atoms with Crippen molar-refractivity contribution in [2.24, 2.45) is 33.0 Å². The van der Waals surface area contributed by atoms with E-state index in [1.165, 1.54) is 0 Å². The van der Waals surface area contributed by atoms with Gasteiger partial charge in [0.05, 0.1) is 59.5 Å². The lowest BCUT2D eigenvalue weighted by Gasteiger charge is -2.38. The maximum atomic E-state index is 6.64. The molecule has 0 aliphatic heterocycles. The first-order valence-corrected chi connectivity index (χ1v) is 16.5. The van der Waals surface area contributed by atoms with Gasteiger partial charge in [-0.1, -0.05) is 96.4 Å². The molecule has 0 radical (unpaired) electrons. The molecule has 0 spiro atoms. The Morgan fingerprint density at radius 3 is 0.925 bits per heavy atom. The van der Waals surface area contributed by atoms with Crippen LogP contribution in [0, 0.1) is 33.0 Å². The number of hydrogen-bond acceptors (Lipinski definition) is 5. The molecule has 2 unspecified atom stereocenters. The quantitative estimate of drug-likeness (QED) is 0.103. The molecule has 5 nitrogen and oxygen atoms in total. The van der Waals surface area contributed by atoms with Gasteiger partial charge in [0.15, 0.2) is 0 Å². The van der Waals surface area contributed by atoms with E-state index < -0.39 is 0 Å². The number of rotatable bonds is 26. The zero-order valence-corrected chi connectivity index (χ0v) is 29.4. The molecular formula is C35H72O5. The van der Waals surface area contributed by atoms with Crippen LogP contribution in [0.3, 0.4) is 0 Å². The summed E-state index contributed by atoms with van der Waals surface area (Å²) >= 11 is 0. The highest BCUT2D eigenvalue weighted by Gasteiger charge is 2.35. The van der Waals surface area contributed by atoms with Crippen molar-refractivity contribution in [1.29, 1.82) is 0 Å². The molecule has 242 valence electrons. The Balaban J connectivity index is 5.60. The van der Waals surface area contributed by atoms with Crippen molar-refractivity contribution >= 4 is 0 Å². The van der Waals surface area contributed by atoms with E-state index in [0.29, 0.717) is 45.6 Å². The Morgan fingerprint density at radius 1 is 0.400 bits per heavy atom. The van der Waals surface area contributed by atoms with Crippen LogP contribution in [0.15, 0.2) is 0 Å². The summed E-state index contributed by atoms with van der Waals surface area (Å²) < 4.78 is 32.0.